The molecule has 2 atom stereocenters. The van der Waals surface area contributed by atoms with Gasteiger partial charge in [-0.25, -0.2) is 0 Å². The molecule has 1 unspecified atom stereocenters. The molecular formula is C27H30F3N3O4. The number of benzene rings is 2. The van der Waals surface area contributed by atoms with Gasteiger partial charge in [0.25, 0.3) is 0 Å². The van der Waals surface area contributed by atoms with Gasteiger partial charge >= 0.3 is 6.18 Å². The summed E-state index contributed by atoms with van der Waals surface area (Å²) in [6.45, 7) is 1.02. The van der Waals surface area contributed by atoms with E-state index < -0.39 is 23.2 Å². The zero-order valence-electron chi connectivity index (χ0n) is 20.3. The number of rotatable bonds is 10. The van der Waals surface area contributed by atoms with Crippen LogP contribution in [0.25, 0.3) is 0 Å². The number of anilines is 2. The summed E-state index contributed by atoms with van der Waals surface area (Å²) in [5.41, 5.74) is -0.194. The number of ketones is 1. The number of amides is 2. The van der Waals surface area contributed by atoms with Crippen LogP contribution >= 0.6 is 0 Å². The molecule has 2 aromatic carbocycles. The summed E-state index contributed by atoms with van der Waals surface area (Å²) < 4.78 is 45.2. The molecular weight excluding hydrogens is 487 g/mol. The van der Waals surface area contributed by atoms with Crippen LogP contribution in [0.5, 0.6) is 0 Å². The second-order valence-electron chi connectivity index (χ2n) is 9.61. The third-order valence-electron chi connectivity index (χ3n) is 6.97. The topological polar surface area (TPSA) is 96.5 Å². The highest BCUT2D eigenvalue weighted by molar-refractivity contribution is 5.92. The molecule has 2 heterocycles. The van der Waals surface area contributed by atoms with Crippen molar-refractivity contribution in [2.24, 2.45) is 5.41 Å². The van der Waals surface area contributed by atoms with Crippen molar-refractivity contribution in [1.29, 1.82) is 0 Å². The predicted octanol–water partition coefficient (Wildman–Crippen LogP) is 4.49. The van der Waals surface area contributed by atoms with Crippen molar-refractivity contribution in [3.05, 3.63) is 59.7 Å². The Morgan fingerprint density at radius 1 is 1.11 bits per heavy atom. The van der Waals surface area contributed by atoms with Gasteiger partial charge in [-0.15, -0.1) is 0 Å². The number of halogens is 3. The lowest BCUT2D eigenvalue weighted by molar-refractivity contribution is -0.137. The molecule has 3 N–H and O–H groups in total. The van der Waals surface area contributed by atoms with E-state index in [1.165, 1.54) is 18.2 Å². The molecule has 2 aliphatic rings. The number of carbonyl (C=O) groups is 3. The van der Waals surface area contributed by atoms with Gasteiger partial charge in [0.2, 0.25) is 11.8 Å². The number of carbonyl (C=O) groups excluding carboxylic acids is 3. The second-order valence-corrected chi connectivity index (χ2v) is 9.61. The highest BCUT2D eigenvalue weighted by Gasteiger charge is 2.42. The minimum absolute atomic E-state index is 0.00752. The predicted molar refractivity (Wildman–Crippen MR) is 131 cm³/mol. The van der Waals surface area contributed by atoms with E-state index in [-0.39, 0.29) is 36.4 Å². The molecule has 198 valence electrons. The molecule has 0 radical (unpaired) electrons. The monoisotopic (exact) mass is 517 g/mol. The molecule has 0 spiro atoms. The van der Waals surface area contributed by atoms with Crippen molar-refractivity contribution in [3.8, 4) is 0 Å². The summed E-state index contributed by atoms with van der Waals surface area (Å²) in [7, 11) is 0. The van der Waals surface area contributed by atoms with Gasteiger partial charge in [-0.2, -0.15) is 13.2 Å². The van der Waals surface area contributed by atoms with Gasteiger partial charge in [0.15, 0.2) is 5.78 Å². The van der Waals surface area contributed by atoms with Crippen LogP contribution in [0, 0.1) is 5.41 Å². The number of alkyl halides is 3. The molecule has 0 saturated carbocycles. The number of hydrogen-bond donors (Lipinski definition) is 3. The minimum atomic E-state index is -4.46. The first-order chi connectivity index (χ1) is 17.7. The van der Waals surface area contributed by atoms with Crippen LogP contribution in [-0.4, -0.2) is 36.9 Å². The molecule has 4 rings (SSSR count). The highest BCUT2D eigenvalue weighted by Crippen LogP contribution is 2.36. The number of hydrogen-bond acceptors (Lipinski definition) is 5. The van der Waals surface area contributed by atoms with E-state index in [2.05, 4.69) is 16.0 Å². The SMILES string of the molecule is O=C1CCC(C(=O)CCC[C@@]2(C(=O)NCc3ccc(Nc4ccccc4C(F)(F)F)cc3)CCOC2)N1. The number of para-hydroxylation sites is 1. The molecule has 2 amide bonds. The first-order valence-corrected chi connectivity index (χ1v) is 12.4. The maximum Gasteiger partial charge on any atom is 0.418 e. The Morgan fingerprint density at radius 3 is 2.51 bits per heavy atom. The van der Waals surface area contributed by atoms with E-state index >= 15 is 0 Å². The molecule has 10 heteroatoms. The van der Waals surface area contributed by atoms with Crippen LogP contribution in [0.3, 0.4) is 0 Å². The number of ether oxygens (including phenoxy) is 1. The van der Waals surface area contributed by atoms with Gasteiger partial charge in [-0.3, -0.25) is 14.4 Å². The normalized spacial score (nSPS) is 21.5. The Morgan fingerprint density at radius 2 is 1.86 bits per heavy atom. The van der Waals surface area contributed by atoms with E-state index in [0.717, 1.165) is 11.6 Å². The van der Waals surface area contributed by atoms with Gasteiger partial charge in [0.05, 0.1) is 29.3 Å². The summed E-state index contributed by atoms with van der Waals surface area (Å²) in [4.78, 5) is 36.8. The third kappa shape index (κ3) is 6.68. The molecule has 2 saturated heterocycles. The zero-order valence-corrected chi connectivity index (χ0v) is 20.3. The average molecular weight is 518 g/mol. The maximum atomic E-state index is 13.2. The smallest absolute Gasteiger partial charge is 0.380 e. The van der Waals surface area contributed by atoms with Crippen molar-refractivity contribution in [1.82, 2.24) is 10.6 Å². The summed E-state index contributed by atoms with van der Waals surface area (Å²) in [6.07, 6.45) is -1.67. The molecule has 2 aliphatic heterocycles. The summed E-state index contributed by atoms with van der Waals surface area (Å²) in [5.74, 6) is -0.256. The van der Waals surface area contributed by atoms with Crippen LogP contribution in [0.2, 0.25) is 0 Å². The molecule has 37 heavy (non-hydrogen) atoms. The van der Waals surface area contributed by atoms with Gasteiger partial charge < -0.3 is 20.7 Å². The Balaban J connectivity index is 1.30. The molecule has 7 nitrogen and oxygen atoms in total. The van der Waals surface area contributed by atoms with Gasteiger partial charge in [0.1, 0.15) is 0 Å². The molecule has 2 aromatic rings. The lowest BCUT2D eigenvalue weighted by Gasteiger charge is -2.26. The molecule has 0 aromatic heterocycles. The molecule has 0 aliphatic carbocycles. The van der Waals surface area contributed by atoms with Gasteiger partial charge in [-0.1, -0.05) is 24.3 Å². The van der Waals surface area contributed by atoms with E-state index in [1.807, 2.05) is 0 Å². The lowest BCUT2D eigenvalue weighted by Crippen LogP contribution is -2.41. The highest BCUT2D eigenvalue weighted by atomic mass is 19.4. The van der Waals surface area contributed by atoms with E-state index in [4.69, 9.17) is 4.74 Å². The fourth-order valence-corrected chi connectivity index (χ4v) is 4.80. The Hall–Kier alpha value is -3.40. The first-order valence-electron chi connectivity index (χ1n) is 12.4. The fourth-order valence-electron chi connectivity index (χ4n) is 4.80. The minimum Gasteiger partial charge on any atom is -0.380 e. The van der Waals surface area contributed by atoms with Crippen molar-refractivity contribution >= 4 is 29.0 Å². The van der Waals surface area contributed by atoms with Crippen molar-refractivity contribution in [3.63, 3.8) is 0 Å². The summed E-state index contributed by atoms with van der Waals surface area (Å²) >= 11 is 0. The lowest BCUT2D eigenvalue weighted by atomic mass is 9.80. The maximum absolute atomic E-state index is 13.2. The Kier molecular flexibility index (Phi) is 8.16. The Labute approximate surface area is 213 Å². The standard InChI is InChI=1S/C27H30F3N3O4/c28-27(29,30)20-4-1-2-5-21(20)32-19-9-7-18(8-10-19)16-31-25(36)26(14-15-37-17-26)13-3-6-23(34)22-11-12-24(35)33-22/h1-2,4-5,7-10,22,32H,3,6,11-17H2,(H,31,36)(H,33,35)/t22?,26-/m1/s1. The van der Waals surface area contributed by atoms with E-state index in [0.29, 0.717) is 50.8 Å². The van der Waals surface area contributed by atoms with Crippen molar-refractivity contribution in [2.75, 3.05) is 18.5 Å². The van der Waals surface area contributed by atoms with Crippen LogP contribution in [0.15, 0.2) is 48.5 Å². The Bertz CT molecular complexity index is 1130. The first kappa shape index (κ1) is 26.7. The van der Waals surface area contributed by atoms with E-state index in [9.17, 15) is 27.6 Å². The van der Waals surface area contributed by atoms with Gasteiger partial charge in [-0.05, 0) is 55.5 Å². The number of nitrogens with one attached hydrogen (secondary N) is 3. The molecule has 0 bridgehead atoms. The largest absolute Gasteiger partial charge is 0.418 e. The second kappa shape index (κ2) is 11.3. The molecule has 2 fully saturated rings. The summed E-state index contributed by atoms with van der Waals surface area (Å²) in [6, 6.07) is 11.7. The van der Waals surface area contributed by atoms with E-state index in [1.54, 1.807) is 24.3 Å². The average Bonchev–Trinajstić information content (AvgIpc) is 3.53. The van der Waals surface area contributed by atoms with Crippen LogP contribution in [0.1, 0.15) is 49.7 Å². The number of Topliss-reactive ketones (excluding diaryl/α,β-unsaturated/α-hetero) is 1. The summed E-state index contributed by atoms with van der Waals surface area (Å²) in [5, 5.41) is 8.43. The van der Waals surface area contributed by atoms with Crippen LogP contribution < -0.4 is 16.0 Å². The van der Waals surface area contributed by atoms with Crippen molar-refractivity contribution in [2.45, 2.75) is 57.3 Å². The fraction of sp³-hybridized carbons (Fsp3) is 0.444. The third-order valence-corrected chi connectivity index (χ3v) is 6.97. The van der Waals surface area contributed by atoms with Crippen LogP contribution in [0.4, 0.5) is 24.5 Å². The zero-order chi connectivity index (χ0) is 26.5. The van der Waals surface area contributed by atoms with Gasteiger partial charge in [0, 0.05) is 31.7 Å². The van der Waals surface area contributed by atoms with Crippen molar-refractivity contribution < 1.29 is 32.3 Å². The quantitative estimate of drug-likeness (QED) is 0.432. The van der Waals surface area contributed by atoms with Crippen LogP contribution in [-0.2, 0) is 31.8 Å².